The van der Waals surface area contributed by atoms with Crippen LogP contribution in [-0.2, 0) is 4.79 Å². The molecule has 0 radical (unpaired) electrons. The molecule has 0 aliphatic carbocycles. The molecular weight excluding hydrogens is 263 g/mol. The molecule has 0 fully saturated rings. The van der Waals surface area contributed by atoms with Gasteiger partial charge in [-0.1, -0.05) is 22.6 Å². The van der Waals surface area contributed by atoms with Gasteiger partial charge in [-0.15, -0.1) is 0 Å². The van der Waals surface area contributed by atoms with Gasteiger partial charge in [-0.3, -0.25) is 4.79 Å². The fourth-order valence-corrected chi connectivity index (χ4v) is 0.224. The van der Waals surface area contributed by atoms with E-state index < -0.39 is 5.97 Å². The van der Waals surface area contributed by atoms with E-state index in [4.69, 9.17) is 15.3 Å². The van der Waals surface area contributed by atoms with Crippen LogP contribution in [0.2, 0.25) is 0 Å². The normalized spacial score (nSPS) is 8.27. The molecule has 0 saturated carbocycles. The predicted octanol–water partition coefficient (Wildman–Crippen LogP) is 0.257. The number of alkyl halides is 1. The Labute approximate surface area is 79.4 Å². The van der Waals surface area contributed by atoms with Crippen molar-refractivity contribution in [1.29, 1.82) is 0 Å². The molecule has 3 N–H and O–H groups in total. The van der Waals surface area contributed by atoms with Crippen molar-refractivity contribution in [3.8, 4) is 0 Å². The summed E-state index contributed by atoms with van der Waals surface area (Å²) in [5, 5.41) is 23.9. The number of halogens is 1. The van der Waals surface area contributed by atoms with Crippen LogP contribution in [-0.4, -0.2) is 38.9 Å². The van der Waals surface area contributed by atoms with Gasteiger partial charge in [0, 0.05) is 13.2 Å². The first-order chi connectivity index (χ1) is 5.18. The Balaban J connectivity index is 0. The highest BCUT2D eigenvalue weighted by atomic mass is 127. The van der Waals surface area contributed by atoms with Gasteiger partial charge in [0.15, 0.2) is 0 Å². The van der Waals surface area contributed by atoms with Gasteiger partial charge in [-0.2, -0.15) is 0 Å². The zero-order chi connectivity index (χ0) is 9.11. The maximum atomic E-state index is 9.36. The first-order valence-electron chi connectivity index (χ1n) is 3.18. The lowest BCUT2D eigenvalue weighted by molar-refractivity contribution is -0.133. The van der Waals surface area contributed by atoms with E-state index in [1.807, 2.05) is 0 Å². The molecule has 0 amide bonds. The largest absolute Gasteiger partial charge is 0.481 e. The van der Waals surface area contributed by atoms with Gasteiger partial charge in [0.2, 0.25) is 0 Å². The van der Waals surface area contributed by atoms with Gasteiger partial charge in [0.25, 0.3) is 0 Å². The summed E-state index contributed by atoms with van der Waals surface area (Å²) in [6.45, 7) is 0.390. The third-order valence-corrected chi connectivity index (χ3v) is 1.33. The highest BCUT2D eigenvalue weighted by Crippen LogP contribution is 1.80. The zero-order valence-corrected chi connectivity index (χ0v) is 8.32. The summed E-state index contributed by atoms with van der Waals surface area (Å²) in [5.41, 5.74) is 0. The topological polar surface area (TPSA) is 77.8 Å². The van der Waals surface area contributed by atoms with Crippen molar-refractivity contribution in [3.63, 3.8) is 0 Å². The maximum absolute atomic E-state index is 9.36. The number of aliphatic hydroxyl groups is 2. The van der Waals surface area contributed by atoms with Crippen molar-refractivity contribution in [2.75, 3.05) is 17.6 Å². The monoisotopic (exact) mass is 276 g/mol. The van der Waals surface area contributed by atoms with E-state index in [-0.39, 0.29) is 17.6 Å². The van der Waals surface area contributed by atoms with E-state index in [1.165, 1.54) is 0 Å². The molecule has 0 unspecified atom stereocenters. The summed E-state index contributed by atoms with van der Waals surface area (Å²) in [4.78, 5) is 9.36. The molecule has 5 heteroatoms. The van der Waals surface area contributed by atoms with E-state index in [9.17, 15) is 4.79 Å². The van der Waals surface area contributed by atoms with E-state index in [1.54, 1.807) is 22.6 Å². The number of carbonyl (C=O) groups is 1. The number of aliphatic carboxylic acids is 1. The second-order valence-electron chi connectivity index (χ2n) is 1.68. The van der Waals surface area contributed by atoms with Gasteiger partial charge < -0.3 is 15.3 Å². The van der Waals surface area contributed by atoms with Crippen LogP contribution in [0.15, 0.2) is 0 Å². The van der Waals surface area contributed by atoms with Crippen LogP contribution in [0.5, 0.6) is 0 Å². The van der Waals surface area contributed by atoms with Crippen LogP contribution in [0.1, 0.15) is 12.8 Å². The quantitative estimate of drug-likeness (QED) is 0.391. The van der Waals surface area contributed by atoms with Crippen molar-refractivity contribution in [3.05, 3.63) is 0 Å². The summed E-state index contributed by atoms with van der Waals surface area (Å²) in [7, 11) is 0. The lowest BCUT2D eigenvalue weighted by Crippen LogP contribution is -1.91. The average Bonchev–Trinajstić information content (AvgIpc) is 2.02. The molecule has 0 heterocycles. The summed E-state index contributed by atoms with van der Waals surface area (Å²) in [6.07, 6.45) is 1.44. The maximum Gasteiger partial charge on any atom is 0.313 e. The zero-order valence-electron chi connectivity index (χ0n) is 6.16. The van der Waals surface area contributed by atoms with Crippen LogP contribution in [0.25, 0.3) is 0 Å². The summed E-state index contributed by atoms with van der Waals surface area (Å²) < 4.78 is 0.192. The van der Waals surface area contributed by atoms with Crippen molar-refractivity contribution >= 4 is 28.6 Å². The summed E-state index contributed by atoms with van der Waals surface area (Å²) in [6, 6.07) is 0. The number of rotatable bonds is 4. The molecule has 0 aromatic heterocycles. The minimum atomic E-state index is -0.759. The second kappa shape index (κ2) is 12.8. The van der Waals surface area contributed by atoms with Gasteiger partial charge in [-0.05, 0) is 12.8 Å². The Morgan fingerprint density at radius 1 is 1.18 bits per heavy atom. The Morgan fingerprint density at radius 2 is 1.45 bits per heavy atom. The highest BCUT2D eigenvalue weighted by molar-refractivity contribution is 14.1. The minimum Gasteiger partial charge on any atom is -0.481 e. The SMILES string of the molecule is O=C(O)CI.OCCCCO. The molecule has 0 spiro atoms. The number of carboxylic acids is 1. The Hall–Kier alpha value is 0.120. The number of unbranched alkanes of at least 4 members (excludes halogenated alkanes) is 1. The van der Waals surface area contributed by atoms with E-state index in [0.29, 0.717) is 0 Å². The Bertz CT molecular complexity index is 82.7. The van der Waals surface area contributed by atoms with Gasteiger partial charge in [0.05, 0.1) is 4.43 Å². The van der Waals surface area contributed by atoms with Crippen LogP contribution in [0, 0.1) is 0 Å². The lowest BCUT2D eigenvalue weighted by Gasteiger charge is -1.85. The second-order valence-corrected chi connectivity index (χ2v) is 2.44. The molecular formula is C6H13IO4. The predicted molar refractivity (Wildman–Crippen MR) is 49.9 cm³/mol. The van der Waals surface area contributed by atoms with Crippen LogP contribution < -0.4 is 0 Å². The van der Waals surface area contributed by atoms with E-state index in [2.05, 4.69) is 0 Å². The van der Waals surface area contributed by atoms with E-state index in [0.717, 1.165) is 12.8 Å². The molecule has 0 rings (SSSR count). The Morgan fingerprint density at radius 3 is 1.55 bits per heavy atom. The average molecular weight is 276 g/mol. The third-order valence-electron chi connectivity index (χ3n) is 0.681. The van der Waals surface area contributed by atoms with Crippen molar-refractivity contribution < 1.29 is 20.1 Å². The first kappa shape index (κ1) is 13.7. The molecule has 0 saturated heterocycles. The lowest BCUT2D eigenvalue weighted by atomic mass is 10.3. The van der Waals surface area contributed by atoms with Gasteiger partial charge in [-0.25, -0.2) is 0 Å². The molecule has 0 aliphatic rings. The molecule has 11 heavy (non-hydrogen) atoms. The fraction of sp³-hybridized carbons (Fsp3) is 0.833. The smallest absolute Gasteiger partial charge is 0.313 e. The molecule has 0 bridgehead atoms. The van der Waals surface area contributed by atoms with Gasteiger partial charge >= 0.3 is 5.97 Å². The summed E-state index contributed by atoms with van der Waals surface area (Å²) >= 11 is 1.78. The highest BCUT2D eigenvalue weighted by Gasteiger charge is 1.82. The van der Waals surface area contributed by atoms with Crippen molar-refractivity contribution in [2.45, 2.75) is 12.8 Å². The fourth-order valence-electron chi connectivity index (χ4n) is 0.224. The van der Waals surface area contributed by atoms with Crippen molar-refractivity contribution in [1.82, 2.24) is 0 Å². The number of carboxylic acid groups (broad SMARTS) is 1. The van der Waals surface area contributed by atoms with Gasteiger partial charge in [0.1, 0.15) is 0 Å². The standard InChI is InChI=1S/C4H10O2.C2H3IO2/c5-3-1-2-4-6;3-1-2(4)5/h5-6H,1-4H2;1H2,(H,4,5). The molecule has 0 atom stereocenters. The summed E-state index contributed by atoms with van der Waals surface area (Å²) in [5.74, 6) is -0.759. The van der Waals surface area contributed by atoms with E-state index >= 15 is 0 Å². The first-order valence-corrected chi connectivity index (χ1v) is 4.71. The van der Waals surface area contributed by atoms with Crippen LogP contribution >= 0.6 is 22.6 Å². The molecule has 68 valence electrons. The molecule has 0 aliphatic heterocycles. The Kier molecular flexibility index (Phi) is 15.9. The van der Waals surface area contributed by atoms with Crippen molar-refractivity contribution in [2.24, 2.45) is 0 Å². The molecule has 0 aromatic carbocycles. The number of hydrogen-bond donors (Lipinski definition) is 3. The number of aliphatic hydroxyl groups excluding tert-OH is 2. The van der Waals surface area contributed by atoms with Crippen LogP contribution in [0.4, 0.5) is 0 Å². The number of hydrogen-bond acceptors (Lipinski definition) is 3. The molecule has 0 aromatic rings. The molecule has 4 nitrogen and oxygen atoms in total. The van der Waals surface area contributed by atoms with Crippen LogP contribution in [0.3, 0.4) is 0 Å². The third kappa shape index (κ3) is 25.5. The minimum absolute atomic E-state index is 0.192.